The zero-order valence-corrected chi connectivity index (χ0v) is 24.5. The molecular weight excluding hydrogens is 563 g/mol. The van der Waals surface area contributed by atoms with Gasteiger partial charge >= 0.3 is 24.8 Å². The van der Waals surface area contributed by atoms with Crippen molar-refractivity contribution in [3.8, 4) is 11.1 Å². The molecule has 2 N–H and O–H groups in total. The van der Waals surface area contributed by atoms with Gasteiger partial charge in [0, 0.05) is 5.56 Å². The van der Waals surface area contributed by atoms with Crippen LogP contribution in [0.1, 0.15) is 27.9 Å². The van der Waals surface area contributed by atoms with Gasteiger partial charge in [-0.3, -0.25) is 9.10 Å². The average Bonchev–Trinajstić information content (AvgIpc) is 2.98. The average molecular weight is 597 g/mol. The summed E-state index contributed by atoms with van der Waals surface area (Å²) >= 11 is 1.49. The molecule has 0 aliphatic heterocycles. The van der Waals surface area contributed by atoms with E-state index < -0.39 is 27.9 Å². The van der Waals surface area contributed by atoms with Gasteiger partial charge in [0.2, 0.25) is 0 Å². The van der Waals surface area contributed by atoms with Gasteiger partial charge < -0.3 is 10.4 Å². The number of amides is 1. The normalized spacial score (nSPS) is 11.7. The van der Waals surface area contributed by atoms with Crippen LogP contribution in [0, 0.1) is 6.92 Å². The third kappa shape index (κ3) is 7.87. The van der Waals surface area contributed by atoms with Gasteiger partial charge in [0.05, 0.1) is 17.1 Å². The first-order valence-electron chi connectivity index (χ1n) is 13.1. The number of carbonyl (C=O) groups is 2. The van der Waals surface area contributed by atoms with Crippen molar-refractivity contribution in [2.75, 3.05) is 16.3 Å². The minimum absolute atomic E-state index is 0. The molecular formula is C32H33LiN2O5S2. The predicted octanol–water partition coefficient (Wildman–Crippen LogP) is 5.35. The van der Waals surface area contributed by atoms with Crippen LogP contribution in [0.3, 0.4) is 0 Å². The zero-order chi connectivity index (χ0) is 29.4. The minimum atomic E-state index is -4.08. The molecule has 0 spiro atoms. The number of benzene rings is 4. The van der Waals surface area contributed by atoms with Gasteiger partial charge in [-0.25, -0.2) is 13.2 Å². The Hall–Kier alpha value is -3.48. The second-order valence-electron chi connectivity index (χ2n) is 9.50. The number of para-hydroxylation sites is 1. The van der Waals surface area contributed by atoms with Crippen LogP contribution in [0.2, 0.25) is 0 Å². The summed E-state index contributed by atoms with van der Waals surface area (Å²) in [6, 6.07) is 28.9. The Morgan fingerprint density at radius 1 is 0.881 bits per heavy atom. The molecule has 1 atom stereocenters. The van der Waals surface area contributed by atoms with Crippen LogP contribution in [0.15, 0.2) is 108 Å². The van der Waals surface area contributed by atoms with Crippen LogP contribution in [0.25, 0.3) is 11.1 Å². The number of nitrogens with zero attached hydrogens (tertiary/aromatic N) is 1. The zero-order valence-electron chi connectivity index (χ0n) is 22.9. The predicted molar refractivity (Wildman–Crippen MR) is 172 cm³/mol. The number of hydrogen-bond acceptors (Lipinski definition) is 5. The quantitative estimate of drug-likeness (QED) is 0.214. The van der Waals surface area contributed by atoms with Crippen LogP contribution in [0.5, 0.6) is 0 Å². The number of carboxylic acids is 1. The van der Waals surface area contributed by atoms with Crippen LogP contribution in [0.4, 0.5) is 5.69 Å². The van der Waals surface area contributed by atoms with Gasteiger partial charge in [0.25, 0.3) is 15.9 Å². The Bertz CT molecular complexity index is 1620. The van der Waals surface area contributed by atoms with Crippen LogP contribution >= 0.6 is 11.8 Å². The van der Waals surface area contributed by atoms with Gasteiger partial charge in [-0.2, -0.15) is 11.8 Å². The van der Waals surface area contributed by atoms with Crippen molar-refractivity contribution in [3.05, 3.63) is 120 Å². The van der Waals surface area contributed by atoms with Crippen molar-refractivity contribution in [2.45, 2.75) is 30.8 Å². The molecule has 4 rings (SSSR count). The summed E-state index contributed by atoms with van der Waals surface area (Å²) in [5.74, 6) is -1.14. The number of sulfonamides is 1. The van der Waals surface area contributed by atoms with E-state index in [4.69, 9.17) is 0 Å². The van der Waals surface area contributed by atoms with Crippen LogP contribution < -0.4 is 9.62 Å². The molecule has 10 heteroatoms. The second-order valence-corrected chi connectivity index (χ2v) is 12.3. The monoisotopic (exact) mass is 596 g/mol. The van der Waals surface area contributed by atoms with E-state index in [0.29, 0.717) is 22.6 Å². The maximum atomic E-state index is 14.2. The van der Waals surface area contributed by atoms with E-state index in [9.17, 15) is 23.1 Å². The van der Waals surface area contributed by atoms with E-state index in [0.717, 1.165) is 11.1 Å². The number of hydrogen-bond donors (Lipinski definition) is 2. The number of aliphatic carboxylic acids is 1. The summed E-state index contributed by atoms with van der Waals surface area (Å²) in [4.78, 5) is 25.3. The third-order valence-corrected chi connectivity index (χ3v) is 9.10. The Balaban J connectivity index is 0.00000484. The van der Waals surface area contributed by atoms with Gasteiger partial charge in [0.15, 0.2) is 0 Å². The van der Waals surface area contributed by atoms with Gasteiger partial charge in [-0.15, -0.1) is 0 Å². The first-order valence-corrected chi connectivity index (χ1v) is 15.9. The van der Waals surface area contributed by atoms with E-state index >= 15 is 0 Å². The Kier molecular flexibility index (Phi) is 11.9. The van der Waals surface area contributed by atoms with E-state index in [1.807, 2.05) is 73.8 Å². The number of anilines is 1. The molecule has 0 heterocycles. The van der Waals surface area contributed by atoms with E-state index in [2.05, 4.69) is 5.32 Å². The van der Waals surface area contributed by atoms with Gasteiger partial charge in [0.1, 0.15) is 6.04 Å². The van der Waals surface area contributed by atoms with Gasteiger partial charge in [-0.05, 0) is 77.9 Å². The van der Waals surface area contributed by atoms with Crippen molar-refractivity contribution in [1.82, 2.24) is 5.32 Å². The fourth-order valence-electron chi connectivity index (χ4n) is 4.49. The Morgan fingerprint density at radius 3 is 2.12 bits per heavy atom. The first-order chi connectivity index (χ1) is 19.7. The summed E-state index contributed by atoms with van der Waals surface area (Å²) in [5.41, 5.74) is 3.46. The van der Waals surface area contributed by atoms with Crippen LogP contribution in [-0.4, -0.2) is 62.3 Å². The summed E-state index contributed by atoms with van der Waals surface area (Å²) in [6.07, 6.45) is 2.13. The van der Waals surface area contributed by atoms with Crippen molar-refractivity contribution in [2.24, 2.45) is 0 Å². The van der Waals surface area contributed by atoms with Crippen molar-refractivity contribution < 1.29 is 23.1 Å². The molecule has 0 radical (unpaired) electrons. The molecule has 42 heavy (non-hydrogen) atoms. The fraction of sp³-hybridized carbons (Fsp3) is 0.188. The van der Waals surface area contributed by atoms with Gasteiger partial charge in [-0.1, -0.05) is 72.8 Å². The number of thioether (sulfide) groups is 1. The molecule has 0 fully saturated rings. The maximum absolute atomic E-state index is 14.2. The Labute approximate surface area is 263 Å². The summed E-state index contributed by atoms with van der Waals surface area (Å²) in [6.45, 7) is 1.99. The van der Waals surface area contributed by atoms with Crippen molar-refractivity contribution >= 4 is 58.2 Å². The van der Waals surface area contributed by atoms with E-state index in [1.54, 1.807) is 24.3 Å². The molecule has 4 aromatic carbocycles. The number of rotatable bonds is 12. The second kappa shape index (κ2) is 15.1. The summed E-state index contributed by atoms with van der Waals surface area (Å²) < 4.78 is 29.8. The molecule has 0 aliphatic carbocycles. The fourth-order valence-corrected chi connectivity index (χ4v) is 6.45. The molecule has 4 aromatic rings. The number of carbonyl (C=O) groups excluding carboxylic acids is 1. The van der Waals surface area contributed by atoms with E-state index in [1.165, 1.54) is 34.3 Å². The molecule has 1 amide bonds. The number of aryl methyl sites for hydroxylation is 1. The standard InChI is InChI=1S/C32H32N2O5S2.Li.H/c1-23-11-9-10-16-27(23)29-21-26(17-18-28(29)31(35)33-30(32(36)37)19-20-40-2)41(38,39)34(25-14-7-4-8-15-25)22-24-12-5-3-6-13-24;;/h3-18,21,30H,19-20,22H2,1-2H3,(H,33,35)(H,36,37);;/t30-;;/m0../s1. The molecule has 0 saturated carbocycles. The molecule has 0 aliphatic rings. The van der Waals surface area contributed by atoms with Crippen molar-refractivity contribution in [1.29, 1.82) is 0 Å². The molecule has 0 aromatic heterocycles. The summed E-state index contributed by atoms with van der Waals surface area (Å²) in [5, 5.41) is 12.3. The Morgan fingerprint density at radius 2 is 1.50 bits per heavy atom. The summed E-state index contributed by atoms with van der Waals surface area (Å²) in [7, 11) is -4.08. The number of carboxylic acid groups (broad SMARTS) is 1. The van der Waals surface area contributed by atoms with Crippen molar-refractivity contribution in [3.63, 3.8) is 0 Å². The molecule has 0 unspecified atom stereocenters. The SMILES string of the molecule is CSCC[C@H](NC(=O)c1ccc(S(=O)(=O)N(Cc2ccccc2)c2ccccc2)cc1-c1ccccc1C)C(=O)O.[LiH]. The molecule has 0 saturated heterocycles. The third-order valence-electron chi connectivity index (χ3n) is 6.69. The topological polar surface area (TPSA) is 104 Å². The first kappa shape index (κ1) is 33.0. The van der Waals surface area contributed by atoms with Crippen LogP contribution in [-0.2, 0) is 21.4 Å². The van der Waals surface area contributed by atoms with E-state index in [-0.39, 0.29) is 42.3 Å². The number of nitrogens with one attached hydrogen (secondary N) is 1. The molecule has 0 bridgehead atoms. The molecule has 7 nitrogen and oxygen atoms in total. The molecule has 214 valence electrons.